The molecule has 1 aliphatic rings. The fourth-order valence-electron chi connectivity index (χ4n) is 8.20. The Morgan fingerprint density at radius 2 is 1.30 bits per heavy atom. The summed E-state index contributed by atoms with van der Waals surface area (Å²) in [6, 6.07) is 50.2. The first-order chi connectivity index (χ1) is 27.0. The van der Waals surface area contributed by atoms with Crippen LogP contribution in [0.15, 0.2) is 146 Å². The first-order valence-corrected chi connectivity index (χ1v) is 20.2. The van der Waals surface area contributed by atoms with E-state index in [9.17, 15) is 0 Å². The highest BCUT2D eigenvalue weighted by Crippen LogP contribution is 2.48. The Morgan fingerprint density at radius 1 is 0.589 bits per heavy atom. The van der Waals surface area contributed by atoms with Crippen LogP contribution in [0.25, 0.3) is 47.8 Å². The number of hydrogen-bond acceptors (Lipinski definition) is 5. The normalized spacial score (nSPS) is 13.4. The summed E-state index contributed by atoms with van der Waals surface area (Å²) >= 11 is 1.86. The van der Waals surface area contributed by atoms with Crippen LogP contribution in [0.4, 0.5) is 22.7 Å². The zero-order valence-electron chi connectivity index (χ0n) is 32.7. The standard InChI is InChI=1S/C50H44N4OS/c1-49(2,3)33-24-25-51-45(28-33)54-43-30-37(21-22-40(43)48-47(54)46-39-17-11-10-14-32(39)20-23-44(46)56-48)55-38-27-34(50(4,5)6)26-36(29-38)53-31-52(35-15-8-7-9-16-35)41-18-12-13-19-42(41)53/h7-30H,31H2,1-6H3. The molecule has 9 aromatic rings. The molecule has 0 saturated carbocycles. The molecule has 6 heteroatoms. The monoisotopic (exact) mass is 748 g/mol. The van der Waals surface area contributed by atoms with Crippen molar-refractivity contribution in [1.29, 1.82) is 0 Å². The van der Waals surface area contributed by atoms with E-state index in [4.69, 9.17) is 9.72 Å². The van der Waals surface area contributed by atoms with Crippen LogP contribution >= 0.6 is 11.3 Å². The maximum atomic E-state index is 6.95. The Balaban J connectivity index is 1.13. The van der Waals surface area contributed by atoms with Gasteiger partial charge in [-0.25, -0.2) is 4.98 Å². The topological polar surface area (TPSA) is 33.5 Å². The molecule has 10 rings (SSSR count). The van der Waals surface area contributed by atoms with Gasteiger partial charge in [0.1, 0.15) is 24.0 Å². The Labute approximate surface area is 332 Å². The number of hydrogen-bond donors (Lipinski definition) is 0. The third-order valence-electron chi connectivity index (χ3n) is 11.2. The number of aromatic nitrogens is 2. The minimum Gasteiger partial charge on any atom is -0.457 e. The maximum Gasteiger partial charge on any atom is 0.137 e. The second-order valence-corrected chi connectivity index (χ2v) is 18.0. The predicted octanol–water partition coefficient (Wildman–Crippen LogP) is 14.2. The number of para-hydroxylation sites is 3. The molecule has 1 aliphatic heterocycles. The second-order valence-electron chi connectivity index (χ2n) is 17.0. The van der Waals surface area contributed by atoms with Crippen molar-refractivity contribution in [2.45, 2.75) is 52.4 Å². The van der Waals surface area contributed by atoms with Gasteiger partial charge in [-0.3, -0.25) is 4.57 Å². The van der Waals surface area contributed by atoms with Gasteiger partial charge in [0.2, 0.25) is 0 Å². The van der Waals surface area contributed by atoms with Gasteiger partial charge in [-0.05, 0) is 99.5 Å². The van der Waals surface area contributed by atoms with Crippen LogP contribution in [0.5, 0.6) is 11.5 Å². The number of benzene rings is 6. The molecule has 0 bridgehead atoms. The average molecular weight is 749 g/mol. The lowest BCUT2D eigenvalue weighted by atomic mass is 9.86. The van der Waals surface area contributed by atoms with Crippen molar-refractivity contribution in [3.05, 3.63) is 157 Å². The molecule has 0 N–H and O–H groups in total. The van der Waals surface area contributed by atoms with Gasteiger partial charge < -0.3 is 14.5 Å². The smallest absolute Gasteiger partial charge is 0.137 e. The fraction of sp³-hybridized carbons (Fsp3) is 0.180. The first-order valence-electron chi connectivity index (χ1n) is 19.4. The van der Waals surface area contributed by atoms with E-state index in [1.807, 2.05) is 17.5 Å². The number of fused-ring (bicyclic) bond motifs is 8. The molecule has 6 aromatic carbocycles. The zero-order valence-corrected chi connectivity index (χ0v) is 33.5. The summed E-state index contributed by atoms with van der Waals surface area (Å²) in [5.74, 6) is 2.51. The van der Waals surface area contributed by atoms with Gasteiger partial charge in [0.05, 0.1) is 27.1 Å². The first kappa shape index (κ1) is 34.4. The number of pyridine rings is 1. The SMILES string of the molecule is CC(C)(C)c1cc(Oc2ccc3c4sc5ccc6ccccc6c5c4n(-c4cc(C(C)(C)C)ccn4)c3c2)cc(N2CN(c3ccccc3)c3ccccc32)c1. The van der Waals surface area contributed by atoms with Crippen molar-refractivity contribution in [2.24, 2.45) is 0 Å². The average Bonchev–Trinajstić information content (AvgIpc) is 3.87. The van der Waals surface area contributed by atoms with Crippen molar-refractivity contribution in [2.75, 3.05) is 16.5 Å². The second kappa shape index (κ2) is 12.7. The summed E-state index contributed by atoms with van der Waals surface area (Å²) in [6.45, 7) is 14.3. The molecule has 4 heterocycles. The van der Waals surface area contributed by atoms with E-state index in [2.05, 4.69) is 195 Å². The molecular weight excluding hydrogens is 705 g/mol. The van der Waals surface area contributed by atoms with Gasteiger partial charge in [0, 0.05) is 45.2 Å². The van der Waals surface area contributed by atoms with Crippen LogP contribution in [-0.2, 0) is 10.8 Å². The largest absolute Gasteiger partial charge is 0.457 e. The van der Waals surface area contributed by atoms with E-state index < -0.39 is 0 Å². The van der Waals surface area contributed by atoms with Crippen LogP contribution in [0, 0.1) is 0 Å². The summed E-state index contributed by atoms with van der Waals surface area (Å²) < 4.78 is 11.9. The third kappa shape index (κ3) is 5.70. The zero-order chi connectivity index (χ0) is 38.3. The molecule has 0 atom stereocenters. The summed E-state index contributed by atoms with van der Waals surface area (Å²) in [4.78, 5) is 9.81. The van der Waals surface area contributed by atoms with E-state index in [0.717, 1.165) is 28.5 Å². The van der Waals surface area contributed by atoms with Gasteiger partial charge in [-0.2, -0.15) is 0 Å². The Hall–Kier alpha value is -6.11. The molecule has 0 saturated heterocycles. The molecule has 0 aliphatic carbocycles. The maximum absolute atomic E-state index is 6.95. The third-order valence-corrected chi connectivity index (χ3v) is 12.4. The van der Waals surface area contributed by atoms with Crippen LogP contribution in [-0.4, -0.2) is 16.2 Å². The lowest BCUT2D eigenvalue weighted by Gasteiger charge is -2.26. The summed E-state index contributed by atoms with van der Waals surface area (Å²) in [6.07, 6.45) is 1.95. The van der Waals surface area contributed by atoms with Crippen molar-refractivity contribution in [1.82, 2.24) is 9.55 Å². The van der Waals surface area contributed by atoms with Crippen molar-refractivity contribution in [3.8, 4) is 17.3 Å². The van der Waals surface area contributed by atoms with Crippen LogP contribution < -0.4 is 14.5 Å². The molecule has 5 nitrogen and oxygen atoms in total. The Morgan fingerprint density at radius 3 is 2.07 bits per heavy atom. The summed E-state index contributed by atoms with van der Waals surface area (Å²) in [5, 5.41) is 4.95. The van der Waals surface area contributed by atoms with E-state index >= 15 is 0 Å². The van der Waals surface area contributed by atoms with Gasteiger partial charge in [-0.1, -0.05) is 102 Å². The van der Waals surface area contributed by atoms with Gasteiger partial charge in [0.15, 0.2) is 0 Å². The highest BCUT2D eigenvalue weighted by Gasteiger charge is 2.29. The number of ether oxygens (including phenoxy) is 1. The van der Waals surface area contributed by atoms with Crippen molar-refractivity contribution < 1.29 is 4.74 Å². The van der Waals surface area contributed by atoms with Gasteiger partial charge >= 0.3 is 0 Å². The molecule has 3 aromatic heterocycles. The highest BCUT2D eigenvalue weighted by atomic mass is 32.1. The van der Waals surface area contributed by atoms with Crippen LogP contribution in [0.1, 0.15) is 52.7 Å². The van der Waals surface area contributed by atoms with E-state index in [1.54, 1.807) is 0 Å². The summed E-state index contributed by atoms with van der Waals surface area (Å²) in [5.41, 5.74) is 9.26. The minimum absolute atomic E-state index is 0.0266. The Kier molecular flexibility index (Phi) is 7.81. The van der Waals surface area contributed by atoms with Crippen molar-refractivity contribution in [3.63, 3.8) is 0 Å². The molecular formula is C50H44N4OS. The lowest BCUT2D eigenvalue weighted by Crippen LogP contribution is -2.24. The number of anilines is 4. The highest BCUT2D eigenvalue weighted by molar-refractivity contribution is 7.27. The molecule has 0 amide bonds. The molecule has 56 heavy (non-hydrogen) atoms. The summed E-state index contributed by atoms with van der Waals surface area (Å²) in [7, 11) is 0. The van der Waals surface area contributed by atoms with E-state index in [1.165, 1.54) is 64.7 Å². The van der Waals surface area contributed by atoms with E-state index in [-0.39, 0.29) is 10.8 Å². The Bertz CT molecular complexity index is 2960. The number of thiophene rings is 1. The molecule has 0 radical (unpaired) electrons. The minimum atomic E-state index is -0.0942. The molecule has 0 spiro atoms. The molecule has 0 unspecified atom stereocenters. The number of nitrogens with zero attached hydrogens (tertiary/aromatic N) is 4. The lowest BCUT2D eigenvalue weighted by molar-refractivity contribution is 0.479. The fourth-order valence-corrected chi connectivity index (χ4v) is 9.43. The molecule has 276 valence electrons. The predicted molar refractivity (Wildman–Crippen MR) is 237 cm³/mol. The van der Waals surface area contributed by atoms with Crippen LogP contribution in [0.3, 0.4) is 0 Å². The van der Waals surface area contributed by atoms with Crippen molar-refractivity contribution >= 4 is 76.1 Å². The number of rotatable bonds is 5. The van der Waals surface area contributed by atoms with Crippen LogP contribution in [0.2, 0.25) is 0 Å². The van der Waals surface area contributed by atoms with E-state index in [0.29, 0.717) is 6.67 Å². The quantitative estimate of drug-likeness (QED) is 0.175. The van der Waals surface area contributed by atoms with Gasteiger partial charge in [0.25, 0.3) is 0 Å². The van der Waals surface area contributed by atoms with Gasteiger partial charge in [-0.15, -0.1) is 11.3 Å². The molecule has 0 fully saturated rings.